The van der Waals surface area contributed by atoms with Gasteiger partial charge in [-0.3, -0.25) is 4.79 Å². The maximum atomic E-state index is 12.0. The van der Waals surface area contributed by atoms with E-state index >= 15 is 0 Å². The molecule has 0 amide bonds. The van der Waals surface area contributed by atoms with Crippen LogP contribution in [0.3, 0.4) is 0 Å². The molecule has 0 spiro atoms. The van der Waals surface area contributed by atoms with Crippen molar-refractivity contribution in [3.63, 3.8) is 0 Å². The van der Waals surface area contributed by atoms with Gasteiger partial charge in [0, 0.05) is 17.5 Å². The molecule has 0 bridgehead atoms. The van der Waals surface area contributed by atoms with E-state index < -0.39 is 0 Å². The monoisotopic (exact) mass is 328 g/mol. The van der Waals surface area contributed by atoms with Gasteiger partial charge in [0.25, 0.3) is 0 Å². The Bertz CT molecular complexity index is 897. The lowest BCUT2D eigenvalue weighted by Crippen LogP contribution is -2.10. The molecule has 0 radical (unpaired) electrons. The van der Waals surface area contributed by atoms with Crippen molar-refractivity contribution in [2.45, 2.75) is 25.9 Å². The number of aryl methyl sites for hydroxylation is 1. The van der Waals surface area contributed by atoms with Crippen LogP contribution in [0.4, 0.5) is 0 Å². The van der Waals surface area contributed by atoms with E-state index in [9.17, 15) is 4.79 Å². The van der Waals surface area contributed by atoms with E-state index in [2.05, 4.69) is 24.3 Å². The molecular weight excluding hydrogens is 308 g/mol. The van der Waals surface area contributed by atoms with Gasteiger partial charge >= 0.3 is 0 Å². The standard InChI is InChI=1S/C23H20O2/c24-22-11-6-9-18-15-19(13-14-20(18)22)21-10-4-5-12-23(21)25-16-17-7-2-1-3-8-17/h1-5,7-8,10,12-15H,6,9,11,16H2. The van der Waals surface area contributed by atoms with Gasteiger partial charge in [-0.2, -0.15) is 0 Å². The average molecular weight is 328 g/mol. The Labute approximate surface area is 148 Å². The number of carbonyl (C=O) groups excluding carboxylic acids is 1. The molecule has 3 aromatic rings. The zero-order valence-corrected chi connectivity index (χ0v) is 14.1. The molecule has 2 heteroatoms. The molecule has 3 aromatic carbocycles. The molecule has 0 saturated heterocycles. The zero-order valence-electron chi connectivity index (χ0n) is 14.1. The Morgan fingerprint density at radius 2 is 1.60 bits per heavy atom. The fourth-order valence-corrected chi connectivity index (χ4v) is 3.38. The summed E-state index contributed by atoms with van der Waals surface area (Å²) in [6.07, 6.45) is 2.59. The van der Waals surface area contributed by atoms with Crippen LogP contribution in [0.25, 0.3) is 11.1 Å². The Hall–Kier alpha value is -2.87. The molecule has 1 aliphatic rings. The van der Waals surface area contributed by atoms with Crippen LogP contribution in [0, 0.1) is 0 Å². The third-order valence-electron chi connectivity index (χ3n) is 4.69. The van der Waals surface area contributed by atoms with E-state index in [1.807, 2.05) is 48.5 Å². The van der Waals surface area contributed by atoms with Crippen molar-refractivity contribution in [3.05, 3.63) is 89.5 Å². The number of ketones is 1. The number of rotatable bonds is 4. The second-order valence-corrected chi connectivity index (χ2v) is 6.42. The molecule has 0 saturated carbocycles. The predicted octanol–water partition coefficient (Wildman–Crippen LogP) is 5.45. The minimum absolute atomic E-state index is 0.265. The van der Waals surface area contributed by atoms with Crippen molar-refractivity contribution in [1.82, 2.24) is 0 Å². The maximum Gasteiger partial charge on any atom is 0.163 e. The van der Waals surface area contributed by atoms with Crippen LogP contribution in [0.1, 0.15) is 34.3 Å². The van der Waals surface area contributed by atoms with Crippen LogP contribution in [-0.2, 0) is 13.0 Å². The fourth-order valence-electron chi connectivity index (χ4n) is 3.38. The van der Waals surface area contributed by atoms with Crippen molar-refractivity contribution in [3.8, 4) is 16.9 Å². The first-order valence-electron chi connectivity index (χ1n) is 8.73. The smallest absolute Gasteiger partial charge is 0.163 e. The quantitative estimate of drug-likeness (QED) is 0.636. The summed E-state index contributed by atoms with van der Waals surface area (Å²) in [5, 5.41) is 0. The van der Waals surface area contributed by atoms with Crippen molar-refractivity contribution in [2.75, 3.05) is 0 Å². The van der Waals surface area contributed by atoms with Crippen molar-refractivity contribution >= 4 is 5.78 Å². The third-order valence-corrected chi connectivity index (χ3v) is 4.69. The van der Waals surface area contributed by atoms with E-state index in [0.717, 1.165) is 46.4 Å². The largest absolute Gasteiger partial charge is 0.488 e. The van der Waals surface area contributed by atoms with Crippen molar-refractivity contribution in [2.24, 2.45) is 0 Å². The lowest BCUT2D eigenvalue weighted by atomic mass is 9.88. The number of hydrogen-bond donors (Lipinski definition) is 0. The molecule has 0 fully saturated rings. The van der Waals surface area contributed by atoms with Crippen LogP contribution in [0.5, 0.6) is 5.75 Å². The zero-order chi connectivity index (χ0) is 17.1. The van der Waals surface area contributed by atoms with E-state index in [1.165, 1.54) is 0 Å². The number of carbonyl (C=O) groups is 1. The first-order chi connectivity index (χ1) is 12.3. The summed E-state index contributed by atoms with van der Waals surface area (Å²) < 4.78 is 6.08. The van der Waals surface area contributed by atoms with Gasteiger partial charge in [0.2, 0.25) is 0 Å². The summed E-state index contributed by atoms with van der Waals surface area (Å²) in [6.45, 7) is 0.543. The van der Waals surface area contributed by atoms with Gasteiger partial charge in [-0.25, -0.2) is 0 Å². The van der Waals surface area contributed by atoms with E-state index in [-0.39, 0.29) is 5.78 Å². The number of fused-ring (bicyclic) bond motifs is 1. The fraction of sp³-hybridized carbons (Fsp3) is 0.174. The SMILES string of the molecule is O=C1CCCc2cc(-c3ccccc3OCc3ccccc3)ccc21. The molecule has 0 atom stereocenters. The summed E-state index contributed by atoms with van der Waals surface area (Å²) in [4.78, 5) is 12.0. The van der Waals surface area contributed by atoms with Gasteiger partial charge in [0.15, 0.2) is 5.78 Å². The lowest BCUT2D eigenvalue weighted by Gasteiger charge is -2.17. The molecule has 25 heavy (non-hydrogen) atoms. The molecular formula is C23H20O2. The Kier molecular flexibility index (Phi) is 4.34. The molecule has 0 unspecified atom stereocenters. The molecule has 0 heterocycles. The molecule has 4 rings (SSSR count). The second-order valence-electron chi connectivity index (χ2n) is 6.42. The Morgan fingerprint density at radius 3 is 2.48 bits per heavy atom. The first-order valence-corrected chi connectivity index (χ1v) is 8.73. The van der Waals surface area contributed by atoms with Crippen LogP contribution in [0.2, 0.25) is 0 Å². The van der Waals surface area contributed by atoms with Gasteiger partial charge in [-0.1, -0.05) is 66.7 Å². The molecule has 0 N–H and O–H groups in total. The van der Waals surface area contributed by atoms with E-state index in [0.29, 0.717) is 13.0 Å². The predicted molar refractivity (Wildman–Crippen MR) is 99.9 cm³/mol. The molecule has 0 aliphatic heterocycles. The number of hydrogen-bond acceptors (Lipinski definition) is 2. The summed E-state index contributed by atoms with van der Waals surface area (Å²) in [6, 6.07) is 24.4. The van der Waals surface area contributed by atoms with Gasteiger partial charge in [-0.05, 0) is 35.6 Å². The highest BCUT2D eigenvalue weighted by atomic mass is 16.5. The maximum absolute atomic E-state index is 12.0. The van der Waals surface area contributed by atoms with E-state index in [4.69, 9.17) is 4.74 Å². The van der Waals surface area contributed by atoms with Gasteiger partial charge in [0.05, 0.1) is 0 Å². The molecule has 124 valence electrons. The van der Waals surface area contributed by atoms with Gasteiger partial charge in [-0.15, -0.1) is 0 Å². The number of para-hydroxylation sites is 1. The third kappa shape index (κ3) is 3.34. The minimum Gasteiger partial charge on any atom is -0.488 e. The summed E-state index contributed by atoms with van der Waals surface area (Å²) in [5.74, 6) is 1.13. The highest BCUT2D eigenvalue weighted by molar-refractivity contribution is 5.99. The summed E-state index contributed by atoms with van der Waals surface area (Å²) >= 11 is 0. The lowest BCUT2D eigenvalue weighted by molar-refractivity contribution is 0.0972. The number of ether oxygens (including phenoxy) is 1. The topological polar surface area (TPSA) is 26.3 Å². The van der Waals surface area contributed by atoms with Crippen LogP contribution in [0.15, 0.2) is 72.8 Å². The molecule has 0 aromatic heterocycles. The van der Waals surface area contributed by atoms with Gasteiger partial charge in [0.1, 0.15) is 12.4 Å². The van der Waals surface area contributed by atoms with Gasteiger partial charge < -0.3 is 4.74 Å². The minimum atomic E-state index is 0.265. The number of Topliss-reactive ketones (excluding diaryl/α,β-unsaturated/α-hetero) is 1. The Balaban J connectivity index is 1.64. The normalized spacial score (nSPS) is 13.4. The van der Waals surface area contributed by atoms with Crippen molar-refractivity contribution in [1.29, 1.82) is 0 Å². The summed E-state index contributed by atoms with van der Waals surface area (Å²) in [7, 11) is 0. The average Bonchev–Trinajstić information content (AvgIpc) is 2.67. The molecule has 2 nitrogen and oxygen atoms in total. The van der Waals surface area contributed by atoms with Crippen LogP contribution < -0.4 is 4.74 Å². The first kappa shape index (κ1) is 15.6. The summed E-state index contributed by atoms with van der Waals surface area (Å²) in [5.41, 5.74) is 5.37. The second kappa shape index (κ2) is 6.94. The van der Waals surface area contributed by atoms with E-state index in [1.54, 1.807) is 0 Å². The number of benzene rings is 3. The highest BCUT2D eigenvalue weighted by Crippen LogP contribution is 2.33. The Morgan fingerprint density at radius 1 is 0.800 bits per heavy atom. The van der Waals surface area contributed by atoms with Crippen molar-refractivity contribution < 1.29 is 9.53 Å². The van der Waals surface area contributed by atoms with Crippen LogP contribution in [-0.4, -0.2) is 5.78 Å². The highest BCUT2D eigenvalue weighted by Gasteiger charge is 2.18. The molecule has 1 aliphatic carbocycles. The van der Waals surface area contributed by atoms with Crippen LogP contribution >= 0.6 is 0 Å².